The largest absolute Gasteiger partial charge is 0.324 e. The van der Waals surface area contributed by atoms with E-state index >= 15 is 0 Å². The Balaban J connectivity index is 1.55. The maximum absolute atomic E-state index is 13.5. The van der Waals surface area contributed by atoms with E-state index < -0.39 is 0 Å². The number of hydrogen-bond acceptors (Lipinski definition) is 5. The first-order chi connectivity index (χ1) is 14.6. The molecule has 0 fully saturated rings. The van der Waals surface area contributed by atoms with E-state index in [9.17, 15) is 9.18 Å². The molecule has 0 spiro atoms. The van der Waals surface area contributed by atoms with Crippen LogP contribution in [0.1, 0.15) is 5.56 Å². The second-order valence-electron chi connectivity index (χ2n) is 6.54. The molecule has 152 valence electrons. The van der Waals surface area contributed by atoms with Crippen LogP contribution in [-0.4, -0.2) is 26.7 Å². The average molecular weight is 439 g/mol. The quantitative estimate of drug-likeness (QED) is 0.401. The van der Waals surface area contributed by atoms with Crippen LogP contribution in [0.2, 0.25) is 0 Å². The van der Waals surface area contributed by atoms with Crippen molar-refractivity contribution in [3.05, 3.63) is 78.4 Å². The average Bonchev–Trinajstić information content (AvgIpc) is 3.10. The van der Waals surface area contributed by atoms with Gasteiger partial charge in [0, 0.05) is 22.5 Å². The molecule has 5 nitrogen and oxygen atoms in total. The molecule has 2 heterocycles. The summed E-state index contributed by atoms with van der Waals surface area (Å²) in [5, 5.41) is 3.64. The minimum Gasteiger partial charge on any atom is -0.324 e. The highest BCUT2D eigenvalue weighted by Gasteiger charge is 2.15. The van der Waals surface area contributed by atoms with Crippen molar-refractivity contribution < 1.29 is 9.18 Å². The van der Waals surface area contributed by atoms with E-state index in [-0.39, 0.29) is 18.3 Å². The molecule has 0 aliphatic rings. The van der Waals surface area contributed by atoms with Crippen molar-refractivity contribution in [2.45, 2.75) is 22.3 Å². The van der Waals surface area contributed by atoms with Crippen LogP contribution < -0.4 is 5.32 Å². The van der Waals surface area contributed by atoms with Gasteiger partial charge in [-0.25, -0.2) is 9.37 Å². The van der Waals surface area contributed by atoms with Crippen LogP contribution in [0.25, 0.3) is 11.0 Å². The Bertz CT molecular complexity index is 1190. The van der Waals surface area contributed by atoms with Gasteiger partial charge in [-0.15, -0.1) is 11.8 Å². The van der Waals surface area contributed by atoms with Crippen molar-refractivity contribution in [2.75, 3.05) is 11.6 Å². The first kappa shape index (κ1) is 20.4. The van der Waals surface area contributed by atoms with Crippen LogP contribution in [0.4, 0.5) is 10.1 Å². The van der Waals surface area contributed by atoms with Crippen molar-refractivity contribution >= 4 is 46.2 Å². The Kier molecular flexibility index (Phi) is 6.35. The molecule has 1 amide bonds. The van der Waals surface area contributed by atoms with Crippen molar-refractivity contribution in [1.29, 1.82) is 0 Å². The number of halogens is 1. The Morgan fingerprint density at radius 1 is 1.17 bits per heavy atom. The molecule has 0 unspecified atom stereocenters. The van der Waals surface area contributed by atoms with Gasteiger partial charge < -0.3 is 9.88 Å². The summed E-state index contributed by atoms with van der Waals surface area (Å²) in [5.74, 6) is 0.132. The van der Waals surface area contributed by atoms with Gasteiger partial charge in [0.2, 0.25) is 5.91 Å². The van der Waals surface area contributed by atoms with E-state index in [1.165, 1.54) is 23.9 Å². The van der Waals surface area contributed by atoms with Gasteiger partial charge in [0.1, 0.15) is 12.4 Å². The van der Waals surface area contributed by atoms with E-state index in [4.69, 9.17) is 0 Å². The third-order valence-electron chi connectivity index (χ3n) is 4.43. The summed E-state index contributed by atoms with van der Waals surface area (Å²) >= 11 is 3.08. The van der Waals surface area contributed by atoms with E-state index in [0.717, 1.165) is 27.2 Å². The minimum absolute atomic E-state index is 0.108. The number of benzene rings is 2. The molecule has 0 radical (unpaired) electrons. The predicted octanol–water partition coefficient (Wildman–Crippen LogP) is 5.22. The second-order valence-corrected chi connectivity index (χ2v) is 8.37. The molecular formula is C22H19FN4OS2. The zero-order valence-electron chi connectivity index (χ0n) is 16.2. The zero-order valence-corrected chi connectivity index (χ0v) is 17.8. The number of nitrogens with zero attached hydrogens (tertiary/aromatic N) is 3. The maximum atomic E-state index is 13.5. The maximum Gasteiger partial charge on any atom is 0.244 e. The van der Waals surface area contributed by atoms with Crippen molar-refractivity contribution in [2.24, 2.45) is 0 Å². The Labute approximate surface area is 182 Å². The lowest BCUT2D eigenvalue weighted by Crippen LogP contribution is -2.19. The molecule has 0 bridgehead atoms. The van der Waals surface area contributed by atoms with Gasteiger partial charge in [-0.3, -0.25) is 9.78 Å². The highest BCUT2D eigenvalue weighted by atomic mass is 32.2. The summed E-state index contributed by atoms with van der Waals surface area (Å²) in [6.45, 7) is 0.108. The third kappa shape index (κ3) is 4.83. The number of rotatable bonds is 7. The molecule has 0 saturated carbocycles. The van der Waals surface area contributed by atoms with Gasteiger partial charge in [0.15, 0.2) is 5.16 Å². The van der Waals surface area contributed by atoms with Crippen LogP contribution in [0, 0.1) is 5.82 Å². The molecule has 4 aromatic rings. The molecule has 8 heteroatoms. The monoisotopic (exact) mass is 438 g/mol. The summed E-state index contributed by atoms with van der Waals surface area (Å²) in [4.78, 5) is 22.7. The molecule has 0 saturated heterocycles. The van der Waals surface area contributed by atoms with Crippen molar-refractivity contribution in [3.8, 4) is 0 Å². The Morgan fingerprint density at radius 2 is 2.03 bits per heavy atom. The van der Waals surface area contributed by atoms with Crippen molar-refractivity contribution in [3.63, 3.8) is 0 Å². The molecule has 4 rings (SSSR count). The standard InChI is InChI=1S/C22H19FN4OS2/c1-29-18-7-3-6-17(11-18)25-21(28)13-27-20-12-24-9-8-19(20)26-22(27)30-14-15-4-2-5-16(23)10-15/h2-12H,13-14H2,1H3,(H,25,28). The molecule has 1 N–H and O–H groups in total. The van der Waals surface area contributed by atoms with Crippen LogP contribution in [0.3, 0.4) is 0 Å². The topological polar surface area (TPSA) is 59.8 Å². The zero-order chi connectivity index (χ0) is 20.9. The van der Waals surface area contributed by atoms with Crippen LogP contribution in [-0.2, 0) is 17.1 Å². The fourth-order valence-electron chi connectivity index (χ4n) is 3.03. The highest BCUT2D eigenvalue weighted by molar-refractivity contribution is 7.98. The van der Waals surface area contributed by atoms with E-state index in [2.05, 4.69) is 15.3 Å². The fourth-order valence-corrected chi connectivity index (χ4v) is 4.45. The third-order valence-corrected chi connectivity index (χ3v) is 6.20. The summed E-state index contributed by atoms with van der Waals surface area (Å²) in [5.41, 5.74) is 3.16. The molecule has 0 atom stereocenters. The van der Waals surface area contributed by atoms with Gasteiger partial charge in [0.05, 0.1) is 17.2 Å². The second kappa shape index (κ2) is 9.32. The van der Waals surface area contributed by atoms with Gasteiger partial charge in [-0.1, -0.05) is 30.0 Å². The SMILES string of the molecule is CSc1cccc(NC(=O)Cn2c(SCc3cccc(F)c3)nc3ccncc32)c1. The van der Waals surface area contributed by atoms with Gasteiger partial charge in [-0.2, -0.15) is 0 Å². The predicted molar refractivity (Wildman–Crippen MR) is 120 cm³/mol. The summed E-state index contributed by atoms with van der Waals surface area (Å²) in [6, 6.07) is 16.0. The number of amides is 1. The highest BCUT2D eigenvalue weighted by Crippen LogP contribution is 2.27. The number of carbonyl (C=O) groups excluding carboxylic acids is 1. The molecule has 0 aliphatic heterocycles. The number of thioether (sulfide) groups is 2. The number of nitrogens with one attached hydrogen (secondary N) is 1. The van der Waals surface area contributed by atoms with E-state index in [0.29, 0.717) is 10.9 Å². The molecule has 0 aliphatic carbocycles. The molecule has 30 heavy (non-hydrogen) atoms. The summed E-state index contributed by atoms with van der Waals surface area (Å²) in [7, 11) is 0. The Morgan fingerprint density at radius 3 is 2.87 bits per heavy atom. The van der Waals surface area contributed by atoms with Crippen molar-refractivity contribution in [1.82, 2.24) is 14.5 Å². The van der Waals surface area contributed by atoms with Gasteiger partial charge >= 0.3 is 0 Å². The van der Waals surface area contributed by atoms with Crippen LogP contribution >= 0.6 is 23.5 Å². The van der Waals surface area contributed by atoms with Crippen LogP contribution in [0.5, 0.6) is 0 Å². The number of pyridine rings is 1. The van der Waals surface area contributed by atoms with Gasteiger partial charge in [0.25, 0.3) is 0 Å². The minimum atomic E-state index is -0.266. The summed E-state index contributed by atoms with van der Waals surface area (Å²) in [6.07, 6.45) is 5.37. The number of carbonyl (C=O) groups is 1. The lowest BCUT2D eigenvalue weighted by atomic mass is 10.2. The number of imidazole rings is 1. The Hall–Kier alpha value is -2.84. The number of anilines is 1. The van der Waals surface area contributed by atoms with Gasteiger partial charge in [-0.05, 0) is 48.2 Å². The molecule has 2 aromatic heterocycles. The fraction of sp³-hybridized carbons (Fsp3) is 0.136. The first-order valence-electron chi connectivity index (χ1n) is 9.24. The first-order valence-corrected chi connectivity index (χ1v) is 11.4. The normalized spacial score (nSPS) is 11.0. The molecular weight excluding hydrogens is 419 g/mol. The summed E-state index contributed by atoms with van der Waals surface area (Å²) < 4.78 is 15.3. The van der Waals surface area contributed by atoms with Crippen LogP contribution in [0.15, 0.2) is 77.0 Å². The lowest BCUT2D eigenvalue weighted by Gasteiger charge is -2.10. The lowest BCUT2D eigenvalue weighted by molar-refractivity contribution is -0.116. The smallest absolute Gasteiger partial charge is 0.244 e. The van der Waals surface area contributed by atoms with E-state index in [1.807, 2.05) is 47.2 Å². The van der Waals surface area contributed by atoms with E-state index in [1.54, 1.807) is 30.2 Å². The number of hydrogen-bond donors (Lipinski definition) is 1. The molecule has 2 aromatic carbocycles. The number of aromatic nitrogens is 3. The number of fused-ring (bicyclic) bond motifs is 1.